The first-order valence-corrected chi connectivity index (χ1v) is 11.4. The standard InChI is InChI=1S/C23H46O3/c1-6-7-8-9-10-11-12-13-14-15-16-17-21-20(3)22(19(2)18-24)26-23(4,5)25-21/h19-22,24H,6-18H2,1-5H3/t19-,20-,21+,22-/m0/s1. The summed E-state index contributed by atoms with van der Waals surface area (Å²) in [5, 5.41) is 9.52. The number of unbranched alkanes of at least 4 members (excludes halogenated alkanes) is 10. The van der Waals surface area contributed by atoms with Gasteiger partial charge in [0.25, 0.3) is 0 Å². The van der Waals surface area contributed by atoms with Gasteiger partial charge in [-0.05, 0) is 20.3 Å². The normalized spacial score (nSPS) is 26.8. The van der Waals surface area contributed by atoms with Crippen molar-refractivity contribution in [1.29, 1.82) is 0 Å². The van der Waals surface area contributed by atoms with Crippen LogP contribution < -0.4 is 0 Å². The first kappa shape index (κ1) is 23.9. The van der Waals surface area contributed by atoms with Gasteiger partial charge >= 0.3 is 0 Å². The van der Waals surface area contributed by atoms with E-state index in [-0.39, 0.29) is 24.7 Å². The van der Waals surface area contributed by atoms with Gasteiger partial charge in [0.15, 0.2) is 5.79 Å². The Labute approximate surface area is 163 Å². The van der Waals surface area contributed by atoms with E-state index in [0.717, 1.165) is 6.42 Å². The van der Waals surface area contributed by atoms with Crippen LogP contribution in [-0.2, 0) is 9.47 Å². The lowest BCUT2D eigenvalue weighted by Gasteiger charge is -2.47. The Hall–Kier alpha value is -0.120. The second-order valence-corrected chi connectivity index (χ2v) is 8.98. The first-order valence-electron chi connectivity index (χ1n) is 11.4. The van der Waals surface area contributed by atoms with Gasteiger partial charge in [-0.3, -0.25) is 0 Å². The highest BCUT2D eigenvalue weighted by Crippen LogP contribution is 2.36. The fraction of sp³-hybridized carbons (Fsp3) is 1.00. The van der Waals surface area contributed by atoms with Crippen LogP contribution in [0.15, 0.2) is 0 Å². The topological polar surface area (TPSA) is 38.7 Å². The van der Waals surface area contributed by atoms with E-state index in [1.807, 2.05) is 13.8 Å². The van der Waals surface area contributed by atoms with Crippen molar-refractivity contribution in [2.24, 2.45) is 11.8 Å². The van der Waals surface area contributed by atoms with Gasteiger partial charge < -0.3 is 14.6 Å². The molecular formula is C23H46O3. The maximum absolute atomic E-state index is 9.52. The first-order chi connectivity index (χ1) is 12.4. The molecule has 1 heterocycles. The molecule has 26 heavy (non-hydrogen) atoms. The molecule has 0 amide bonds. The monoisotopic (exact) mass is 370 g/mol. The average Bonchev–Trinajstić information content (AvgIpc) is 2.61. The number of aliphatic hydroxyl groups excluding tert-OH is 1. The molecule has 1 N–H and O–H groups in total. The molecule has 0 saturated carbocycles. The lowest BCUT2D eigenvalue weighted by Crippen LogP contribution is -2.52. The van der Waals surface area contributed by atoms with E-state index in [2.05, 4.69) is 20.8 Å². The molecule has 1 aliphatic rings. The second-order valence-electron chi connectivity index (χ2n) is 8.98. The third kappa shape index (κ3) is 9.19. The second kappa shape index (κ2) is 13.1. The van der Waals surface area contributed by atoms with E-state index in [1.165, 1.54) is 70.6 Å². The molecule has 4 atom stereocenters. The van der Waals surface area contributed by atoms with E-state index < -0.39 is 5.79 Å². The van der Waals surface area contributed by atoms with Crippen LogP contribution in [0, 0.1) is 11.8 Å². The Balaban J connectivity index is 2.15. The Morgan fingerprint density at radius 3 is 1.85 bits per heavy atom. The Morgan fingerprint density at radius 2 is 1.35 bits per heavy atom. The van der Waals surface area contributed by atoms with Crippen LogP contribution in [0.1, 0.15) is 112 Å². The van der Waals surface area contributed by atoms with Crippen molar-refractivity contribution in [3.63, 3.8) is 0 Å². The van der Waals surface area contributed by atoms with E-state index in [4.69, 9.17) is 9.47 Å². The highest BCUT2D eigenvalue weighted by Gasteiger charge is 2.42. The molecule has 0 radical (unpaired) electrons. The Bertz CT molecular complexity index is 342. The largest absolute Gasteiger partial charge is 0.396 e. The molecular weight excluding hydrogens is 324 g/mol. The quantitative estimate of drug-likeness (QED) is 0.356. The summed E-state index contributed by atoms with van der Waals surface area (Å²) in [6.45, 7) is 10.8. The van der Waals surface area contributed by atoms with Crippen molar-refractivity contribution in [2.75, 3.05) is 6.61 Å². The minimum atomic E-state index is -0.539. The summed E-state index contributed by atoms with van der Waals surface area (Å²) in [5.41, 5.74) is 0. The van der Waals surface area contributed by atoms with Crippen LogP contribution >= 0.6 is 0 Å². The molecule has 0 unspecified atom stereocenters. The van der Waals surface area contributed by atoms with Gasteiger partial charge in [0.2, 0.25) is 0 Å². The summed E-state index contributed by atoms with van der Waals surface area (Å²) in [6, 6.07) is 0. The summed E-state index contributed by atoms with van der Waals surface area (Å²) in [4.78, 5) is 0. The molecule has 1 rings (SSSR count). The summed E-state index contributed by atoms with van der Waals surface area (Å²) >= 11 is 0. The third-order valence-corrected chi connectivity index (χ3v) is 5.90. The zero-order valence-corrected chi connectivity index (χ0v) is 18.3. The molecule has 1 saturated heterocycles. The van der Waals surface area contributed by atoms with Crippen LogP contribution in [0.2, 0.25) is 0 Å². The fourth-order valence-corrected chi connectivity index (χ4v) is 4.22. The molecule has 3 nitrogen and oxygen atoms in total. The van der Waals surface area contributed by atoms with Crippen molar-refractivity contribution in [1.82, 2.24) is 0 Å². The summed E-state index contributed by atoms with van der Waals surface area (Å²) < 4.78 is 12.3. The van der Waals surface area contributed by atoms with Crippen LogP contribution in [0.25, 0.3) is 0 Å². The molecule has 0 bridgehead atoms. The zero-order chi connectivity index (χ0) is 19.4. The van der Waals surface area contributed by atoms with Crippen molar-refractivity contribution >= 4 is 0 Å². The van der Waals surface area contributed by atoms with Gasteiger partial charge in [-0.15, -0.1) is 0 Å². The molecule has 3 heteroatoms. The molecule has 0 aliphatic carbocycles. The average molecular weight is 371 g/mol. The van der Waals surface area contributed by atoms with Gasteiger partial charge in [0.05, 0.1) is 12.2 Å². The molecule has 0 aromatic heterocycles. The van der Waals surface area contributed by atoms with Gasteiger partial charge in [0.1, 0.15) is 0 Å². The number of ether oxygens (including phenoxy) is 2. The van der Waals surface area contributed by atoms with Gasteiger partial charge in [-0.25, -0.2) is 0 Å². The van der Waals surface area contributed by atoms with Crippen molar-refractivity contribution in [2.45, 2.75) is 130 Å². The summed E-state index contributed by atoms with van der Waals surface area (Å²) in [6.07, 6.45) is 16.6. The highest BCUT2D eigenvalue weighted by molar-refractivity contribution is 4.85. The van der Waals surface area contributed by atoms with Crippen molar-refractivity contribution in [3.05, 3.63) is 0 Å². The van der Waals surface area contributed by atoms with Crippen LogP contribution in [-0.4, -0.2) is 29.7 Å². The van der Waals surface area contributed by atoms with Gasteiger partial charge in [-0.1, -0.05) is 91.4 Å². The maximum atomic E-state index is 9.52. The predicted molar refractivity (Wildman–Crippen MR) is 110 cm³/mol. The minimum Gasteiger partial charge on any atom is -0.396 e. The van der Waals surface area contributed by atoms with Crippen LogP contribution in [0.5, 0.6) is 0 Å². The lowest BCUT2D eigenvalue weighted by molar-refractivity contribution is -0.328. The van der Waals surface area contributed by atoms with Crippen molar-refractivity contribution < 1.29 is 14.6 Å². The molecule has 156 valence electrons. The number of rotatable bonds is 14. The third-order valence-electron chi connectivity index (χ3n) is 5.90. The molecule has 1 aliphatic heterocycles. The zero-order valence-electron chi connectivity index (χ0n) is 18.3. The number of aliphatic hydroxyl groups is 1. The van der Waals surface area contributed by atoms with Crippen molar-refractivity contribution in [3.8, 4) is 0 Å². The van der Waals surface area contributed by atoms with Crippen LogP contribution in [0.4, 0.5) is 0 Å². The SMILES string of the molecule is CCCCCCCCCCCCC[C@H]1OC(C)(C)O[C@@H]([C@@H](C)CO)[C@H]1C. The fourth-order valence-electron chi connectivity index (χ4n) is 4.22. The highest BCUT2D eigenvalue weighted by atomic mass is 16.7. The van der Waals surface area contributed by atoms with E-state index in [0.29, 0.717) is 5.92 Å². The minimum absolute atomic E-state index is 0.0847. The number of hydrogen-bond donors (Lipinski definition) is 1. The lowest BCUT2D eigenvalue weighted by atomic mass is 9.85. The maximum Gasteiger partial charge on any atom is 0.163 e. The number of hydrogen-bond acceptors (Lipinski definition) is 3. The predicted octanol–water partition coefficient (Wildman–Crippen LogP) is 6.47. The van der Waals surface area contributed by atoms with Gasteiger partial charge in [-0.2, -0.15) is 0 Å². The Morgan fingerprint density at radius 1 is 0.846 bits per heavy atom. The van der Waals surface area contributed by atoms with E-state index in [9.17, 15) is 5.11 Å². The molecule has 0 aromatic rings. The summed E-state index contributed by atoms with van der Waals surface area (Å²) in [5.74, 6) is -0.0374. The Kier molecular flexibility index (Phi) is 12.1. The molecule has 0 spiro atoms. The van der Waals surface area contributed by atoms with E-state index >= 15 is 0 Å². The smallest absolute Gasteiger partial charge is 0.163 e. The van der Waals surface area contributed by atoms with E-state index in [1.54, 1.807) is 0 Å². The van der Waals surface area contributed by atoms with Gasteiger partial charge in [0, 0.05) is 18.4 Å². The summed E-state index contributed by atoms with van der Waals surface area (Å²) in [7, 11) is 0. The van der Waals surface area contributed by atoms with Crippen LogP contribution in [0.3, 0.4) is 0 Å². The molecule has 1 fully saturated rings. The molecule has 0 aromatic carbocycles.